The molecule has 0 aromatic heterocycles. The van der Waals surface area contributed by atoms with Crippen LogP contribution in [0.15, 0.2) is 30.3 Å². The molecule has 1 aromatic carbocycles. The fourth-order valence-corrected chi connectivity index (χ4v) is 4.77. The third-order valence-electron chi connectivity index (χ3n) is 4.59. The molecule has 2 aliphatic rings. The lowest BCUT2D eigenvalue weighted by molar-refractivity contribution is -0.145. The topological polar surface area (TPSA) is 90.4 Å². The summed E-state index contributed by atoms with van der Waals surface area (Å²) in [6.45, 7) is 2.48. The Morgan fingerprint density at radius 2 is 1.76 bits per heavy atom. The number of morpholine rings is 1. The fourth-order valence-electron chi connectivity index (χ4n) is 3.19. The average molecular weight is 369 g/mol. The van der Waals surface area contributed by atoms with Crippen molar-refractivity contribution in [2.75, 3.05) is 45.9 Å². The van der Waals surface area contributed by atoms with Gasteiger partial charge in [0, 0.05) is 39.3 Å². The van der Waals surface area contributed by atoms with E-state index in [1.54, 1.807) is 0 Å². The van der Waals surface area contributed by atoms with Gasteiger partial charge in [0.15, 0.2) is 0 Å². The van der Waals surface area contributed by atoms with Crippen LogP contribution in [0.25, 0.3) is 0 Å². The van der Waals surface area contributed by atoms with E-state index in [9.17, 15) is 18.3 Å². The van der Waals surface area contributed by atoms with Crippen LogP contribution in [0.3, 0.4) is 0 Å². The number of carboxylic acids is 1. The zero-order valence-electron chi connectivity index (χ0n) is 14.0. The molecule has 0 aliphatic carbocycles. The second-order valence-corrected chi connectivity index (χ2v) is 8.12. The minimum absolute atomic E-state index is 0.0398. The third-order valence-corrected chi connectivity index (χ3v) is 6.59. The van der Waals surface area contributed by atoms with E-state index in [0.717, 1.165) is 5.56 Å². The van der Waals surface area contributed by atoms with Gasteiger partial charge in [-0.2, -0.15) is 17.0 Å². The molecule has 0 spiro atoms. The first-order valence-electron chi connectivity index (χ1n) is 8.32. The zero-order valence-corrected chi connectivity index (χ0v) is 14.8. The maximum Gasteiger partial charge on any atom is 0.322 e. The van der Waals surface area contributed by atoms with Crippen LogP contribution in [-0.4, -0.2) is 85.0 Å². The van der Waals surface area contributed by atoms with Crippen LogP contribution in [0.2, 0.25) is 0 Å². The van der Waals surface area contributed by atoms with E-state index < -0.39 is 22.2 Å². The Balaban J connectivity index is 1.71. The molecular weight excluding hydrogens is 346 g/mol. The van der Waals surface area contributed by atoms with E-state index in [1.807, 2.05) is 35.2 Å². The minimum atomic E-state index is -3.65. The monoisotopic (exact) mass is 369 g/mol. The van der Waals surface area contributed by atoms with Gasteiger partial charge in [-0.05, 0) is 5.56 Å². The van der Waals surface area contributed by atoms with Crippen molar-refractivity contribution in [2.45, 2.75) is 12.6 Å². The van der Waals surface area contributed by atoms with Crippen molar-refractivity contribution in [3.8, 4) is 0 Å². The SMILES string of the molecule is O=C(O)C1CN(S(=O)(=O)N2CCOCC2)CCN1Cc1ccccc1. The first kappa shape index (κ1) is 18.3. The van der Waals surface area contributed by atoms with Crippen molar-refractivity contribution in [2.24, 2.45) is 0 Å². The predicted molar refractivity (Wildman–Crippen MR) is 91.2 cm³/mol. The van der Waals surface area contributed by atoms with Crippen molar-refractivity contribution in [3.63, 3.8) is 0 Å². The van der Waals surface area contributed by atoms with Crippen molar-refractivity contribution >= 4 is 16.2 Å². The van der Waals surface area contributed by atoms with E-state index in [2.05, 4.69) is 0 Å². The minimum Gasteiger partial charge on any atom is -0.480 e. The number of piperazine rings is 1. The fraction of sp³-hybridized carbons (Fsp3) is 0.562. The normalized spacial score (nSPS) is 24.2. The van der Waals surface area contributed by atoms with E-state index in [4.69, 9.17) is 4.74 Å². The highest BCUT2D eigenvalue weighted by atomic mass is 32.2. The van der Waals surface area contributed by atoms with Gasteiger partial charge in [0.05, 0.1) is 13.2 Å². The number of hydrogen-bond donors (Lipinski definition) is 1. The van der Waals surface area contributed by atoms with Gasteiger partial charge >= 0.3 is 5.97 Å². The quantitative estimate of drug-likeness (QED) is 0.775. The largest absolute Gasteiger partial charge is 0.480 e. The highest BCUT2D eigenvalue weighted by Gasteiger charge is 2.39. The molecule has 3 rings (SSSR count). The van der Waals surface area contributed by atoms with E-state index in [0.29, 0.717) is 39.4 Å². The van der Waals surface area contributed by atoms with Gasteiger partial charge in [0.2, 0.25) is 0 Å². The Bertz CT molecular complexity index is 691. The Kier molecular flexibility index (Phi) is 5.70. The summed E-state index contributed by atoms with van der Waals surface area (Å²) >= 11 is 0. The highest BCUT2D eigenvalue weighted by Crippen LogP contribution is 2.19. The summed E-state index contributed by atoms with van der Waals surface area (Å²) in [4.78, 5) is 13.5. The molecule has 0 radical (unpaired) electrons. The lowest BCUT2D eigenvalue weighted by Crippen LogP contribution is -2.60. The van der Waals surface area contributed by atoms with Crippen molar-refractivity contribution < 1.29 is 23.1 Å². The standard InChI is InChI=1S/C16H23N3O5S/c20-16(21)15-13-19(25(22,23)18-8-10-24-11-9-18)7-6-17(15)12-14-4-2-1-3-5-14/h1-5,15H,6-13H2,(H,20,21). The van der Waals surface area contributed by atoms with Crippen LogP contribution in [0.1, 0.15) is 5.56 Å². The zero-order chi connectivity index (χ0) is 17.9. The molecule has 8 nitrogen and oxygen atoms in total. The summed E-state index contributed by atoms with van der Waals surface area (Å²) in [6.07, 6.45) is 0. The number of hydrogen-bond acceptors (Lipinski definition) is 5. The molecule has 2 fully saturated rings. The average Bonchev–Trinajstić information content (AvgIpc) is 2.63. The number of ether oxygens (including phenoxy) is 1. The van der Waals surface area contributed by atoms with Crippen LogP contribution >= 0.6 is 0 Å². The Labute approximate surface area is 147 Å². The van der Waals surface area contributed by atoms with Gasteiger partial charge in [0.1, 0.15) is 6.04 Å². The summed E-state index contributed by atoms with van der Waals surface area (Å²) in [6, 6.07) is 8.75. The lowest BCUT2D eigenvalue weighted by atomic mass is 10.1. The number of carboxylic acid groups (broad SMARTS) is 1. The molecule has 0 saturated carbocycles. The molecule has 1 aromatic rings. The first-order valence-corrected chi connectivity index (χ1v) is 9.72. The second kappa shape index (κ2) is 7.79. The lowest BCUT2D eigenvalue weighted by Gasteiger charge is -2.40. The number of aliphatic carboxylic acids is 1. The molecule has 0 amide bonds. The number of carbonyl (C=O) groups is 1. The molecule has 1 N–H and O–H groups in total. The maximum absolute atomic E-state index is 12.8. The van der Waals surface area contributed by atoms with Crippen LogP contribution < -0.4 is 0 Å². The maximum atomic E-state index is 12.8. The first-order chi connectivity index (χ1) is 12.0. The molecule has 2 saturated heterocycles. The second-order valence-electron chi connectivity index (χ2n) is 6.19. The van der Waals surface area contributed by atoms with E-state index in [1.165, 1.54) is 8.61 Å². The summed E-state index contributed by atoms with van der Waals surface area (Å²) < 4.78 is 33.4. The molecule has 1 atom stereocenters. The predicted octanol–water partition coefficient (Wildman–Crippen LogP) is -0.166. The van der Waals surface area contributed by atoms with E-state index >= 15 is 0 Å². The van der Waals surface area contributed by atoms with Crippen LogP contribution in [-0.2, 0) is 26.3 Å². The molecule has 9 heteroatoms. The van der Waals surface area contributed by atoms with Crippen molar-refractivity contribution in [3.05, 3.63) is 35.9 Å². The van der Waals surface area contributed by atoms with Crippen molar-refractivity contribution in [1.29, 1.82) is 0 Å². The van der Waals surface area contributed by atoms with Gasteiger partial charge in [-0.3, -0.25) is 9.69 Å². The van der Waals surface area contributed by atoms with Crippen LogP contribution in [0.5, 0.6) is 0 Å². The van der Waals surface area contributed by atoms with Gasteiger partial charge in [-0.15, -0.1) is 0 Å². The molecule has 1 unspecified atom stereocenters. The van der Waals surface area contributed by atoms with Crippen molar-refractivity contribution in [1.82, 2.24) is 13.5 Å². The highest BCUT2D eigenvalue weighted by molar-refractivity contribution is 7.86. The molecule has 138 valence electrons. The molecule has 2 heterocycles. The number of nitrogens with zero attached hydrogens (tertiary/aromatic N) is 3. The Hall–Kier alpha value is -1.52. The summed E-state index contributed by atoms with van der Waals surface area (Å²) in [5, 5.41) is 9.58. The van der Waals surface area contributed by atoms with Gasteiger partial charge in [0.25, 0.3) is 10.2 Å². The molecule has 25 heavy (non-hydrogen) atoms. The van der Waals surface area contributed by atoms with Crippen LogP contribution in [0.4, 0.5) is 0 Å². The smallest absolute Gasteiger partial charge is 0.322 e. The number of rotatable bonds is 5. The Morgan fingerprint density at radius 3 is 2.40 bits per heavy atom. The molecule has 2 aliphatic heterocycles. The van der Waals surface area contributed by atoms with E-state index in [-0.39, 0.29) is 13.1 Å². The summed E-state index contributed by atoms with van der Waals surface area (Å²) in [5.41, 5.74) is 1.01. The molecule has 0 bridgehead atoms. The summed E-state index contributed by atoms with van der Waals surface area (Å²) in [5.74, 6) is -1.00. The third kappa shape index (κ3) is 4.18. The summed E-state index contributed by atoms with van der Waals surface area (Å²) in [7, 11) is -3.65. The Morgan fingerprint density at radius 1 is 1.08 bits per heavy atom. The molecular formula is C16H23N3O5S. The van der Waals surface area contributed by atoms with Gasteiger partial charge in [-0.25, -0.2) is 0 Å². The van der Waals surface area contributed by atoms with Crippen LogP contribution in [0, 0.1) is 0 Å². The van der Waals surface area contributed by atoms with Gasteiger partial charge in [-0.1, -0.05) is 30.3 Å². The number of benzene rings is 1. The van der Waals surface area contributed by atoms with Gasteiger partial charge < -0.3 is 9.84 Å².